The van der Waals surface area contributed by atoms with E-state index < -0.39 is 35.5 Å². The Morgan fingerprint density at radius 3 is 2.32 bits per heavy atom. The third-order valence-corrected chi connectivity index (χ3v) is 5.70. The number of nitrogens with one attached hydrogen (secondary N) is 1. The zero-order valence-electron chi connectivity index (χ0n) is 13.0. The number of amides is 1. The second-order valence-corrected chi connectivity index (χ2v) is 7.06. The van der Waals surface area contributed by atoms with Crippen molar-refractivity contribution in [1.82, 2.24) is 0 Å². The summed E-state index contributed by atoms with van der Waals surface area (Å²) in [6.07, 6.45) is 0.220. The van der Waals surface area contributed by atoms with Crippen LogP contribution in [-0.4, -0.2) is 17.0 Å². The van der Waals surface area contributed by atoms with Crippen LogP contribution < -0.4 is 5.32 Å². The Kier molecular flexibility index (Phi) is 3.46. The fraction of sp³-hybridized carbons (Fsp3) is 0.444. The number of fused-ring (bicyclic) bond motifs is 1. The van der Waals surface area contributed by atoms with Crippen molar-refractivity contribution in [3.05, 3.63) is 42.0 Å². The molecule has 7 heteroatoms. The summed E-state index contributed by atoms with van der Waals surface area (Å²) in [5.74, 6) is -2.76. The van der Waals surface area contributed by atoms with Crippen molar-refractivity contribution in [3.8, 4) is 0 Å². The van der Waals surface area contributed by atoms with Crippen molar-refractivity contribution in [2.45, 2.75) is 12.6 Å². The number of carbonyl (C=O) groups excluding carboxylic acids is 1. The van der Waals surface area contributed by atoms with Crippen LogP contribution >= 0.6 is 0 Å². The van der Waals surface area contributed by atoms with Gasteiger partial charge in [0, 0.05) is 5.69 Å². The van der Waals surface area contributed by atoms with Crippen LogP contribution in [0, 0.1) is 35.5 Å². The number of hydrogen-bond donors (Lipinski definition) is 2. The maximum atomic E-state index is 12.8. The molecule has 2 N–H and O–H groups in total. The van der Waals surface area contributed by atoms with Crippen LogP contribution in [0.2, 0.25) is 0 Å². The molecule has 0 aromatic heterocycles. The number of allylic oxidation sites excluding steroid dienone is 2. The van der Waals surface area contributed by atoms with Crippen molar-refractivity contribution < 1.29 is 27.9 Å². The van der Waals surface area contributed by atoms with Gasteiger partial charge in [0.25, 0.3) is 0 Å². The number of rotatable bonds is 3. The average Bonchev–Trinajstić information content (AvgIpc) is 3.35. The van der Waals surface area contributed by atoms with E-state index in [2.05, 4.69) is 5.32 Å². The smallest absolute Gasteiger partial charge is 0.416 e. The Morgan fingerprint density at radius 2 is 1.72 bits per heavy atom. The molecule has 0 heterocycles. The predicted octanol–water partition coefficient (Wildman–Crippen LogP) is 3.41. The summed E-state index contributed by atoms with van der Waals surface area (Å²) in [5.41, 5.74) is -0.825. The summed E-state index contributed by atoms with van der Waals surface area (Å²) in [6.45, 7) is 0. The van der Waals surface area contributed by atoms with Gasteiger partial charge in [0.05, 0.1) is 17.4 Å². The number of halogens is 3. The summed E-state index contributed by atoms with van der Waals surface area (Å²) >= 11 is 0. The van der Waals surface area contributed by atoms with Gasteiger partial charge >= 0.3 is 12.1 Å². The number of benzene rings is 1. The first-order chi connectivity index (χ1) is 11.8. The lowest BCUT2D eigenvalue weighted by molar-refractivity contribution is -0.152. The predicted molar refractivity (Wildman–Crippen MR) is 82.4 cm³/mol. The zero-order valence-corrected chi connectivity index (χ0v) is 13.0. The summed E-state index contributed by atoms with van der Waals surface area (Å²) in [4.78, 5) is 24.4. The van der Waals surface area contributed by atoms with Gasteiger partial charge in [-0.3, -0.25) is 9.59 Å². The van der Waals surface area contributed by atoms with Gasteiger partial charge in [-0.25, -0.2) is 0 Å². The van der Waals surface area contributed by atoms with Crippen LogP contribution in [0.25, 0.3) is 0 Å². The zero-order chi connectivity index (χ0) is 17.9. The SMILES string of the molecule is O=C(Nc1cccc(C(F)(F)F)c1)[C@@H]1[C@H]2C=C[C@H]([C@H]3C[C@H]23)[C@@H]1C(=O)O. The minimum absolute atomic E-state index is 0.0294. The van der Waals surface area contributed by atoms with Gasteiger partial charge in [-0.05, 0) is 48.3 Å². The highest BCUT2D eigenvalue weighted by atomic mass is 19.4. The number of carboxylic acid groups (broad SMARTS) is 1. The van der Waals surface area contributed by atoms with E-state index >= 15 is 0 Å². The van der Waals surface area contributed by atoms with Crippen molar-refractivity contribution in [3.63, 3.8) is 0 Å². The van der Waals surface area contributed by atoms with E-state index in [1.807, 2.05) is 12.2 Å². The quantitative estimate of drug-likeness (QED) is 0.820. The van der Waals surface area contributed by atoms with Crippen LogP contribution in [0.15, 0.2) is 36.4 Å². The molecular weight excluding hydrogens is 335 g/mol. The summed E-state index contributed by atoms with van der Waals surface area (Å²) < 4.78 is 38.4. The summed E-state index contributed by atoms with van der Waals surface area (Å²) in [6, 6.07) is 4.39. The van der Waals surface area contributed by atoms with E-state index in [0.29, 0.717) is 11.8 Å². The summed E-state index contributed by atoms with van der Waals surface area (Å²) in [5, 5.41) is 12.1. The number of hydrogen-bond acceptors (Lipinski definition) is 2. The largest absolute Gasteiger partial charge is 0.481 e. The lowest BCUT2D eigenvalue weighted by atomic mass is 9.62. The van der Waals surface area contributed by atoms with Gasteiger partial charge in [0.15, 0.2) is 0 Å². The van der Waals surface area contributed by atoms with Crippen LogP contribution in [-0.2, 0) is 15.8 Å². The number of aliphatic carboxylic acids is 1. The number of carbonyl (C=O) groups is 2. The second kappa shape index (κ2) is 5.34. The maximum Gasteiger partial charge on any atom is 0.416 e. The molecule has 1 aromatic rings. The fourth-order valence-corrected chi connectivity index (χ4v) is 4.57. The molecule has 4 nitrogen and oxygen atoms in total. The Bertz CT molecular complexity index is 773. The highest BCUT2D eigenvalue weighted by Crippen LogP contribution is 2.63. The molecule has 2 saturated carbocycles. The molecule has 0 unspecified atom stereocenters. The molecule has 6 atom stereocenters. The Labute approximate surface area is 141 Å². The van der Waals surface area contributed by atoms with E-state index in [1.165, 1.54) is 12.1 Å². The molecule has 5 rings (SSSR count). The molecule has 1 aromatic carbocycles. The molecule has 1 amide bonds. The standard InChI is InChI=1S/C18H16F3NO3/c19-18(20,21)8-2-1-3-9(6-8)22-16(23)14-10-4-5-11(13-7-12(10)13)15(14)17(24)25/h1-6,10-15H,7H2,(H,22,23)(H,24,25)/t10-,11+,12+,13+,14+,15-/m0/s1. The number of carboxylic acids is 1. The molecule has 25 heavy (non-hydrogen) atoms. The first kappa shape index (κ1) is 16.2. The molecule has 2 fully saturated rings. The molecule has 4 aliphatic rings. The van der Waals surface area contributed by atoms with Crippen molar-refractivity contribution in [2.24, 2.45) is 35.5 Å². The van der Waals surface area contributed by atoms with Gasteiger partial charge in [-0.1, -0.05) is 18.2 Å². The Morgan fingerprint density at radius 1 is 1.08 bits per heavy atom. The van der Waals surface area contributed by atoms with Gasteiger partial charge in [0.2, 0.25) is 5.91 Å². The first-order valence-corrected chi connectivity index (χ1v) is 8.16. The van der Waals surface area contributed by atoms with E-state index in [-0.39, 0.29) is 17.5 Å². The van der Waals surface area contributed by atoms with E-state index in [4.69, 9.17) is 0 Å². The molecular formula is C18H16F3NO3. The maximum absolute atomic E-state index is 12.8. The molecule has 0 aliphatic heterocycles. The monoisotopic (exact) mass is 351 g/mol. The van der Waals surface area contributed by atoms with Crippen LogP contribution in [0.5, 0.6) is 0 Å². The minimum atomic E-state index is -4.50. The average molecular weight is 351 g/mol. The molecule has 4 aliphatic carbocycles. The highest BCUT2D eigenvalue weighted by molar-refractivity contribution is 5.96. The summed E-state index contributed by atoms with van der Waals surface area (Å²) in [7, 11) is 0. The third-order valence-electron chi connectivity index (χ3n) is 5.70. The second-order valence-electron chi connectivity index (χ2n) is 7.06. The van der Waals surface area contributed by atoms with Crippen molar-refractivity contribution >= 4 is 17.6 Å². The highest BCUT2D eigenvalue weighted by Gasteiger charge is 2.62. The Balaban J connectivity index is 1.59. The topological polar surface area (TPSA) is 66.4 Å². The number of anilines is 1. The third kappa shape index (κ3) is 2.62. The van der Waals surface area contributed by atoms with Crippen molar-refractivity contribution in [2.75, 3.05) is 5.32 Å². The van der Waals surface area contributed by atoms with E-state index in [9.17, 15) is 27.9 Å². The molecule has 0 saturated heterocycles. The normalized spacial score (nSPS) is 35.2. The fourth-order valence-electron chi connectivity index (χ4n) is 4.57. The van der Waals surface area contributed by atoms with Gasteiger partial charge in [0.1, 0.15) is 0 Å². The lowest BCUT2D eigenvalue weighted by Crippen LogP contribution is -2.48. The first-order valence-electron chi connectivity index (χ1n) is 8.16. The molecule has 0 spiro atoms. The van der Waals surface area contributed by atoms with Gasteiger partial charge in [-0.15, -0.1) is 0 Å². The van der Waals surface area contributed by atoms with Crippen LogP contribution in [0.3, 0.4) is 0 Å². The number of alkyl halides is 3. The molecule has 0 radical (unpaired) electrons. The Hall–Kier alpha value is -2.31. The van der Waals surface area contributed by atoms with E-state index in [1.54, 1.807) is 0 Å². The molecule has 132 valence electrons. The molecule has 2 bridgehead atoms. The van der Waals surface area contributed by atoms with Crippen LogP contribution in [0.4, 0.5) is 18.9 Å². The van der Waals surface area contributed by atoms with Gasteiger partial charge in [-0.2, -0.15) is 13.2 Å². The minimum Gasteiger partial charge on any atom is -0.481 e. The lowest BCUT2D eigenvalue weighted by Gasteiger charge is -2.41. The van der Waals surface area contributed by atoms with Crippen molar-refractivity contribution in [1.29, 1.82) is 0 Å². The van der Waals surface area contributed by atoms with E-state index in [0.717, 1.165) is 18.6 Å². The van der Waals surface area contributed by atoms with Crippen LogP contribution in [0.1, 0.15) is 12.0 Å². The van der Waals surface area contributed by atoms with Gasteiger partial charge < -0.3 is 10.4 Å².